The molecule has 1 saturated heterocycles. The summed E-state index contributed by atoms with van der Waals surface area (Å²) in [5.41, 5.74) is 0.277. The van der Waals surface area contributed by atoms with Gasteiger partial charge in [0.1, 0.15) is 6.04 Å². The van der Waals surface area contributed by atoms with Gasteiger partial charge in [0.05, 0.1) is 10.7 Å². The Bertz CT molecular complexity index is 425. The number of anilines is 1. The summed E-state index contributed by atoms with van der Waals surface area (Å²) in [6.45, 7) is 0.690. The van der Waals surface area contributed by atoms with Crippen LogP contribution in [0.3, 0.4) is 0 Å². The van der Waals surface area contributed by atoms with Crippen LogP contribution in [0.4, 0.5) is 10.1 Å². The fraction of sp³-hybridized carbons (Fsp3) is 0.417. The lowest BCUT2D eigenvalue weighted by atomic mass is 10.1. The molecule has 1 aromatic carbocycles. The Labute approximate surface area is 104 Å². The van der Waals surface area contributed by atoms with Crippen LogP contribution in [0.5, 0.6) is 0 Å². The highest BCUT2D eigenvalue weighted by molar-refractivity contribution is 6.31. The summed E-state index contributed by atoms with van der Waals surface area (Å²) in [4.78, 5) is 11.7. The number of carbonyl (C=O) groups excluding carboxylic acids is 1. The topological polar surface area (TPSA) is 41.1 Å². The number of hydrogen-bond donors (Lipinski definition) is 2. The molecule has 2 N–H and O–H groups in total. The van der Waals surface area contributed by atoms with Crippen molar-refractivity contribution in [1.29, 1.82) is 0 Å². The van der Waals surface area contributed by atoms with Gasteiger partial charge in [0.15, 0.2) is 5.82 Å². The van der Waals surface area contributed by atoms with E-state index in [4.69, 9.17) is 11.6 Å². The highest BCUT2D eigenvalue weighted by Crippen LogP contribution is 2.23. The molecule has 2 rings (SSSR count). The summed E-state index contributed by atoms with van der Waals surface area (Å²) in [7, 11) is 0. The molecule has 1 aliphatic rings. The van der Waals surface area contributed by atoms with Crippen molar-refractivity contribution in [2.75, 3.05) is 11.9 Å². The predicted octanol–water partition coefficient (Wildman–Crippen LogP) is 2.56. The van der Waals surface area contributed by atoms with Crippen molar-refractivity contribution in [2.24, 2.45) is 0 Å². The first-order valence-corrected chi connectivity index (χ1v) is 6.04. The van der Waals surface area contributed by atoms with Gasteiger partial charge < -0.3 is 10.6 Å². The van der Waals surface area contributed by atoms with E-state index in [1.165, 1.54) is 6.07 Å². The summed E-state index contributed by atoms with van der Waals surface area (Å²) in [5.74, 6) is -0.590. The molecule has 0 aromatic heterocycles. The molecule has 5 heteroatoms. The lowest BCUT2D eigenvalue weighted by Gasteiger charge is -2.17. The maximum Gasteiger partial charge on any atom is 0.242 e. The van der Waals surface area contributed by atoms with Crippen LogP contribution in [0, 0.1) is 5.82 Å². The van der Waals surface area contributed by atoms with Crippen molar-refractivity contribution in [3.63, 3.8) is 0 Å². The van der Waals surface area contributed by atoms with Crippen molar-refractivity contribution < 1.29 is 9.18 Å². The second kappa shape index (κ2) is 5.36. The molecule has 1 aliphatic heterocycles. The minimum atomic E-state index is -0.508. The number of halogens is 2. The van der Waals surface area contributed by atoms with Gasteiger partial charge in [0, 0.05) is 6.54 Å². The van der Waals surface area contributed by atoms with Gasteiger partial charge in [-0.3, -0.25) is 4.79 Å². The zero-order valence-corrected chi connectivity index (χ0v) is 10.1. The Morgan fingerprint density at radius 3 is 3.06 bits per heavy atom. The smallest absolute Gasteiger partial charge is 0.242 e. The van der Waals surface area contributed by atoms with Gasteiger partial charge in [-0.15, -0.1) is 0 Å². The molecule has 3 nitrogen and oxygen atoms in total. The molecule has 1 unspecified atom stereocenters. The van der Waals surface area contributed by atoms with Gasteiger partial charge in [-0.1, -0.05) is 17.7 Å². The van der Waals surface area contributed by atoms with E-state index in [-0.39, 0.29) is 22.7 Å². The third-order valence-corrected chi connectivity index (χ3v) is 3.11. The molecule has 0 spiro atoms. The first-order chi connectivity index (χ1) is 8.18. The summed E-state index contributed by atoms with van der Waals surface area (Å²) in [6.07, 6.45) is 2.61. The van der Waals surface area contributed by atoms with Crippen LogP contribution in [0.2, 0.25) is 5.02 Å². The zero-order valence-electron chi connectivity index (χ0n) is 9.30. The number of nitrogens with one attached hydrogen (secondary N) is 2. The molecular formula is C12H14ClFN2O. The maximum atomic E-state index is 13.7. The van der Waals surface area contributed by atoms with Crippen LogP contribution in [0.15, 0.2) is 18.2 Å². The molecule has 1 fully saturated rings. The molecule has 0 bridgehead atoms. The zero-order chi connectivity index (χ0) is 12.3. The fourth-order valence-electron chi connectivity index (χ4n) is 1.88. The van der Waals surface area contributed by atoms with E-state index in [1.807, 2.05) is 0 Å². The highest BCUT2D eigenvalue weighted by atomic mass is 35.5. The minimum absolute atomic E-state index is 0.0593. The Hall–Kier alpha value is -1.29. The Balaban J connectivity index is 2.13. The monoisotopic (exact) mass is 256 g/mol. The van der Waals surface area contributed by atoms with Crippen molar-refractivity contribution in [1.82, 2.24) is 5.32 Å². The summed E-state index contributed by atoms with van der Waals surface area (Å²) >= 11 is 5.68. The Kier molecular flexibility index (Phi) is 3.84. The summed E-state index contributed by atoms with van der Waals surface area (Å²) < 4.78 is 13.7. The molecule has 0 saturated carbocycles. The van der Waals surface area contributed by atoms with Crippen LogP contribution >= 0.6 is 11.6 Å². The number of amides is 1. The highest BCUT2D eigenvalue weighted by Gasteiger charge is 2.21. The molecule has 92 valence electrons. The number of hydrogen-bond acceptors (Lipinski definition) is 2. The average molecular weight is 257 g/mol. The van der Waals surface area contributed by atoms with Gasteiger partial charge in [-0.25, -0.2) is 4.39 Å². The van der Waals surface area contributed by atoms with Crippen LogP contribution in [0.1, 0.15) is 19.3 Å². The fourth-order valence-corrected chi connectivity index (χ4v) is 2.05. The van der Waals surface area contributed by atoms with Gasteiger partial charge in [0.2, 0.25) is 5.91 Å². The second-order valence-corrected chi connectivity index (χ2v) is 4.49. The van der Waals surface area contributed by atoms with Gasteiger partial charge >= 0.3 is 0 Å². The van der Waals surface area contributed by atoms with Crippen LogP contribution in [-0.2, 0) is 4.79 Å². The van der Waals surface area contributed by atoms with Gasteiger partial charge in [-0.2, -0.15) is 0 Å². The molecule has 1 atom stereocenters. The standard InChI is InChI=1S/C12H14ClFN2O/c13-8-4-3-6-9(11(8)14)16-10-5-1-2-7-15-12(10)17/h3-4,6,10,16H,1-2,5,7H2,(H,15,17). The molecule has 1 amide bonds. The van der Waals surface area contributed by atoms with E-state index in [9.17, 15) is 9.18 Å². The lowest BCUT2D eigenvalue weighted by molar-refractivity contribution is -0.121. The maximum absolute atomic E-state index is 13.7. The molecule has 0 radical (unpaired) electrons. The van der Waals surface area contributed by atoms with E-state index >= 15 is 0 Å². The molecule has 1 aromatic rings. The van der Waals surface area contributed by atoms with Crippen molar-refractivity contribution >= 4 is 23.2 Å². The minimum Gasteiger partial charge on any atom is -0.371 e. The third-order valence-electron chi connectivity index (χ3n) is 2.82. The molecule has 1 heterocycles. The number of benzene rings is 1. The second-order valence-electron chi connectivity index (χ2n) is 4.09. The summed E-state index contributed by atoms with van der Waals surface area (Å²) in [6, 6.07) is 4.34. The van der Waals surface area contributed by atoms with Crippen LogP contribution < -0.4 is 10.6 Å². The van der Waals surface area contributed by atoms with E-state index in [2.05, 4.69) is 10.6 Å². The van der Waals surface area contributed by atoms with E-state index in [0.717, 1.165) is 12.8 Å². The van der Waals surface area contributed by atoms with Crippen molar-refractivity contribution in [2.45, 2.75) is 25.3 Å². The van der Waals surface area contributed by atoms with E-state index in [1.54, 1.807) is 12.1 Å². The molecule has 17 heavy (non-hydrogen) atoms. The lowest BCUT2D eigenvalue weighted by Crippen LogP contribution is -2.38. The first kappa shape index (κ1) is 12.2. The van der Waals surface area contributed by atoms with E-state index < -0.39 is 5.82 Å². The first-order valence-electron chi connectivity index (χ1n) is 5.67. The predicted molar refractivity (Wildman–Crippen MR) is 65.7 cm³/mol. The van der Waals surface area contributed by atoms with Crippen molar-refractivity contribution in [3.8, 4) is 0 Å². The largest absolute Gasteiger partial charge is 0.371 e. The van der Waals surface area contributed by atoms with E-state index in [0.29, 0.717) is 13.0 Å². The molecular weight excluding hydrogens is 243 g/mol. The SMILES string of the molecule is O=C1NCCCCC1Nc1cccc(Cl)c1F. The summed E-state index contributed by atoms with van der Waals surface area (Å²) in [5, 5.41) is 5.76. The third kappa shape index (κ3) is 2.88. The van der Waals surface area contributed by atoms with Gasteiger partial charge in [-0.05, 0) is 31.4 Å². The Morgan fingerprint density at radius 1 is 1.41 bits per heavy atom. The normalized spacial score (nSPS) is 20.6. The Morgan fingerprint density at radius 2 is 2.24 bits per heavy atom. The van der Waals surface area contributed by atoms with Gasteiger partial charge in [0.25, 0.3) is 0 Å². The number of rotatable bonds is 2. The quantitative estimate of drug-likeness (QED) is 0.854. The van der Waals surface area contributed by atoms with Crippen molar-refractivity contribution in [3.05, 3.63) is 29.0 Å². The average Bonchev–Trinajstić information content (AvgIpc) is 2.51. The van der Waals surface area contributed by atoms with Crippen LogP contribution in [-0.4, -0.2) is 18.5 Å². The number of carbonyl (C=O) groups is 1. The van der Waals surface area contributed by atoms with Crippen LogP contribution in [0.25, 0.3) is 0 Å². The molecule has 0 aliphatic carbocycles.